The molecule has 5 aliphatic carbocycles. The number of nitrogens with one attached hydrogen (secondary N) is 1. The van der Waals surface area contributed by atoms with Crippen LogP contribution >= 0.6 is 11.3 Å². The van der Waals surface area contributed by atoms with Crippen LogP contribution in [0.25, 0.3) is 0 Å². The highest BCUT2D eigenvalue weighted by Gasteiger charge is 2.70. The van der Waals surface area contributed by atoms with Crippen LogP contribution in [0.4, 0.5) is 5.13 Å². The normalized spacial score (nSPS) is 44.1. The first-order valence-corrected chi connectivity index (χ1v) is 16.5. The van der Waals surface area contributed by atoms with Crippen molar-refractivity contribution in [3.05, 3.63) is 16.2 Å². The molecule has 0 radical (unpaired) electrons. The first-order chi connectivity index (χ1) is 18.6. The third-order valence-electron chi connectivity index (χ3n) is 13.6. The highest BCUT2D eigenvalue weighted by molar-refractivity contribution is 7.15. The minimum atomic E-state index is -0.776. The van der Waals surface area contributed by atoms with Gasteiger partial charge in [0.2, 0.25) is 11.0 Å². The maximum absolute atomic E-state index is 14.2. The van der Waals surface area contributed by atoms with Gasteiger partial charge < -0.3 is 5.11 Å². The number of nitrogens with zero attached hydrogens (tertiary/aromatic N) is 2. The molecule has 2 unspecified atom stereocenters. The van der Waals surface area contributed by atoms with E-state index in [9.17, 15) is 14.7 Å². The molecule has 40 heavy (non-hydrogen) atoms. The predicted octanol–water partition coefficient (Wildman–Crippen LogP) is 7.13. The van der Waals surface area contributed by atoms with Crippen LogP contribution in [-0.4, -0.2) is 33.1 Å². The molecule has 1 aromatic rings. The molecule has 0 aliphatic heterocycles. The van der Waals surface area contributed by atoms with Crippen LogP contribution in [0.2, 0.25) is 0 Å². The molecule has 0 spiro atoms. The van der Waals surface area contributed by atoms with Gasteiger partial charge in [0, 0.05) is 6.42 Å². The summed E-state index contributed by atoms with van der Waals surface area (Å²) in [4.78, 5) is 27.9. The number of anilines is 1. The van der Waals surface area contributed by atoms with Gasteiger partial charge in [0.05, 0.1) is 11.5 Å². The summed E-state index contributed by atoms with van der Waals surface area (Å²) in [5.41, 5.74) is 1.61. The van der Waals surface area contributed by atoms with Crippen LogP contribution in [-0.2, 0) is 9.59 Å². The summed E-state index contributed by atoms with van der Waals surface area (Å²) in [7, 11) is 0. The molecule has 4 fully saturated rings. The topological polar surface area (TPSA) is 92.2 Å². The van der Waals surface area contributed by atoms with Crippen molar-refractivity contribution in [2.45, 2.75) is 119 Å². The van der Waals surface area contributed by atoms with Crippen molar-refractivity contribution in [2.24, 2.45) is 50.7 Å². The predicted molar refractivity (Wildman–Crippen MR) is 159 cm³/mol. The number of carbonyl (C=O) groups is 2. The minimum absolute atomic E-state index is 0.0211. The number of amides is 1. The van der Waals surface area contributed by atoms with E-state index in [2.05, 4.69) is 64.0 Å². The highest BCUT2D eigenvalue weighted by Crippen LogP contribution is 2.76. The van der Waals surface area contributed by atoms with Gasteiger partial charge in [0.1, 0.15) is 5.01 Å². The van der Waals surface area contributed by atoms with Crippen LogP contribution in [0.3, 0.4) is 0 Å². The van der Waals surface area contributed by atoms with E-state index in [0.717, 1.165) is 55.5 Å². The van der Waals surface area contributed by atoms with Crippen molar-refractivity contribution in [3.63, 3.8) is 0 Å². The molecule has 2 N–H and O–H groups in total. The van der Waals surface area contributed by atoms with Crippen LogP contribution in [0.15, 0.2) is 11.1 Å². The van der Waals surface area contributed by atoms with Gasteiger partial charge in [-0.05, 0) is 115 Å². The Kier molecular flexibility index (Phi) is 6.38. The number of Topliss-reactive ketones (excluding diaryl/α,β-unsaturated/α-hetero) is 1. The summed E-state index contributed by atoms with van der Waals surface area (Å²) in [5.74, 6) is 1.54. The number of allylic oxidation sites excluding steroid dienone is 1. The summed E-state index contributed by atoms with van der Waals surface area (Å²) in [5, 5.41) is 23.7. The third-order valence-corrected chi connectivity index (χ3v) is 14.3. The number of fused-ring (bicyclic) bond motifs is 7. The van der Waals surface area contributed by atoms with Crippen LogP contribution in [0.5, 0.6) is 0 Å². The molecular weight excluding hydrogens is 518 g/mol. The fourth-order valence-corrected chi connectivity index (χ4v) is 12.0. The SMILES string of the molecule is Cc1nnc(NC(=O)[C@@]23CC[C@]4(C)[C@H](CCC5[C@@]6(C)CC[C@H](O)C(C)(C)C6CC[C@]54C)C2=C(C(C)C)C(=O)C3)s1. The zero-order valence-electron chi connectivity index (χ0n) is 25.8. The third kappa shape index (κ3) is 3.55. The Bertz CT molecular complexity index is 1280. The smallest absolute Gasteiger partial charge is 0.237 e. The number of hydrogen-bond acceptors (Lipinski definition) is 6. The molecule has 7 heteroatoms. The molecule has 0 saturated heterocycles. The first kappa shape index (κ1) is 28.5. The van der Waals surface area contributed by atoms with Gasteiger partial charge >= 0.3 is 0 Å². The molecular formula is C33H49N3O3S. The standard InChI is InChI=1S/C33H49N3O3S/c1-18(2)25-21(37)17-33(27(39)34-28-36-35-19(3)40-28)16-15-31(7)20(26(25)33)9-10-23-30(6)13-12-24(38)29(4,5)22(30)11-14-32(23,31)8/h18,20,22-24,38H,9-17H2,1-8H3,(H,34,36,39)/t20-,22?,23?,24+,30+,31-,32-,33-/m1/s1. The summed E-state index contributed by atoms with van der Waals surface area (Å²) in [6.45, 7) is 18.4. The van der Waals surface area contributed by atoms with Gasteiger partial charge in [-0.25, -0.2) is 0 Å². The number of aliphatic hydroxyl groups is 1. The number of ketones is 1. The number of aryl methyl sites for hydroxylation is 1. The Labute approximate surface area is 244 Å². The molecule has 0 aromatic carbocycles. The second kappa shape index (κ2) is 8.95. The number of aliphatic hydroxyl groups excluding tert-OH is 1. The lowest BCUT2D eigenvalue weighted by Crippen LogP contribution is -2.66. The fraction of sp³-hybridized carbons (Fsp3) is 0.818. The maximum atomic E-state index is 14.2. The molecule has 6 nitrogen and oxygen atoms in total. The molecule has 1 heterocycles. The van der Waals surface area contributed by atoms with E-state index in [1.54, 1.807) is 0 Å². The molecule has 1 amide bonds. The van der Waals surface area contributed by atoms with E-state index < -0.39 is 5.41 Å². The lowest BCUT2D eigenvalue weighted by Gasteiger charge is -2.72. The summed E-state index contributed by atoms with van der Waals surface area (Å²) in [6, 6.07) is 0. The van der Waals surface area contributed by atoms with Crippen molar-refractivity contribution in [2.75, 3.05) is 5.32 Å². The zero-order valence-corrected chi connectivity index (χ0v) is 26.6. The van der Waals surface area contributed by atoms with Crippen LogP contribution in [0.1, 0.15) is 111 Å². The molecule has 8 atom stereocenters. The molecule has 0 bridgehead atoms. The number of hydrogen-bond donors (Lipinski definition) is 2. The van der Waals surface area contributed by atoms with Crippen molar-refractivity contribution < 1.29 is 14.7 Å². The average Bonchev–Trinajstić information content (AvgIpc) is 3.42. The lowest BCUT2D eigenvalue weighted by atomic mass is 9.33. The largest absolute Gasteiger partial charge is 0.393 e. The quantitative estimate of drug-likeness (QED) is 0.405. The summed E-state index contributed by atoms with van der Waals surface area (Å²) < 4.78 is 0. The van der Waals surface area contributed by atoms with Crippen molar-refractivity contribution in [3.8, 4) is 0 Å². The van der Waals surface area contributed by atoms with E-state index >= 15 is 0 Å². The number of carbonyl (C=O) groups excluding carboxylic acids is 2. The minimum Gasteiger partial charge on any atom is -0.393 e. The van der Waals surface area contributed by atoms with E-state index in [1.165, 1.54) is 16.9 Å². The molecule has 4 saturated carbocycles. The van der Waals surface area contributed by atoms with E-state index in [1.807, 2.05) is 6.92 Å². The monoisotopic (exact) mass is 567 g/mol. The molecule has 1 aromatic heterocycles. The Morgan fingerprint density at radius 2 is 1.68 bits per heavy atom. The Morgan fingerprint density at radius 1 is 0.950 bits per heavy atom. The lowest BCUT2D eigenvalue weighted by molar-refractivity contribution is -0.228. The first-order valence-electron chi connectivity index (χ1n) is 15.7. The van der Waals surface area contributed by atoms with Gasteiger partial charge in [0.15, 0.2) is 5.78 Å². The highest BCUT2D eigenvalue weighted by atomic mass is 32.1. The Hall–Kier alpha value is -1.60. The number of aromatic nitrogens is 2. The maximum Gasteiger partial charge on any atom is 0.237 e. The Morgan fingerprint density at radius 3 is 2.33 bits per heavy atom. The van der Waals surface area contributed by atoms with Gasteiger partial charge in [-0.2, -0.15) is 0 Å². The van der Waals surface area contributed by atoms with Gasteiger partial charge in [-0.1, -0.05) is 59.8 Å². The van der Waals surface area contributed by atoms with Crippen LogP contribution in [0, 0.1) is 57.7 Å². The molecule has 5 aliphatic rings. The van der Waals surface area contributed by atoms with Gasteiger partial charge in [0.25, 0.3) is 0 Å². The van der Waals surface area contributed by atoms with Gasteiger partial charge in [-0.3, -0.25) is 14.9 Å². The zero-order chi connectivity index (χ0) is 29.0. The summed E-state index contributed by atoms with van der Waals surface area (Å²) >= 11 is 1.39. The molecule has 6 rings (SSSR count). The average molecular weight is 568 g/mol. The second-order valence-corrected chi connectivity index (χ2v) is 16.9. The van der Waals surface area contributed by atoms with Crippen LogP contribution < -0.4 is 5.32 Å². The second-order valence-electron chi connectivity index (χ2n) is 15.7. The van der Waals surface area contributed by atoms with E-state index in [4.69, 9.17) is 0 Å². The van der Waals surface area contributed by atoms with Crippen molar-refractivity contribution in [1.29, 1.82) is 0 Å². The van der Waals surface area contributed by atoms with E-state index in [-0.39, 0.29) is 57.7 Å². The van der Waals surface area contributed by atoms with Crippen molar-refractivity contribution in [1.82, 2.24) is 10.2 Å². The summed E-state index contributed by atoms with van der Waals surface area (Å²) in [6.07, 6.45) is 8.19. The van der Waals surface area contributed by atoms with Gasteiger partial charge in [-0.15, -0.1) is 10.2 Å². The Balaban J connectivity index is 1.42. The number of rotatable bonds is 3. The fourth-order valence-electron chi connectivity index (χ4n) is 11.4. The van der Waals surface area contributed by atoms with E-state index in [0.29, 0.717) is 23.4 Å². The van der Waals surface area contributed by atoms with Crippen molar-refractivity contribution >= 4 is 28.2 Å². The molecule has 220 valence electrons.